The summed E-state index contributed by atoms with van der Waals surface area (Å²) in [6, 6.07) is 9.71. The molecule has 20 heavy (non-hydrogen) atoms. The van der Waals surface area contributed by atoms with Gasteiger partial charge >= 0.3 is 5.97 Å². The van der Waals surface area contributed by atoms with E-state index < -0.39 is 5.97 Å². The summed E-state index contributed by atoms with van der Waals surface area (Å²) in [5, 5.41) is 9.31. The number of aromatic carboxylic acids is 1. The van der Waals surface area contributed by atoms with Crippen molar-refractivity contribution in [2.24, 2.45) is 5.73 Å². The Balaban J connectivity index is 2.03. The highest BCUT2D eigenvalue weighted by Gasteiger charge is 2.28. The lowest BCUT2D eigenvalue weighted by molar-refractivity contribution is 0.0688. The third kappa shape index (κ3) is 2.20. The van der Waals surface area contributed by atoms with Crippen LogP contribution in [0, 0.1) is 0 Å². The van der Waals surface area contributed by atoms with Crippen LogP contribution in [0.4, 0.5) is 0 Å². The molecule has 0 amide bonds. The number of rotatable bonds is 3. The van der Waals surface area contributed by atoms with Gasteiger partial charge in [0.2, 0.25) is 0 Å². The van der Waals surface area contributed by atoms with Crippen molar-refractivity contribution in [3.8, 4) is 0 Å². The molecule has 104 valence electrons. The van der Waals surface area contributed by atoms with Crippen molar-refractivity contribution in [1.82, 2.24) is 9.55 Å². The first-order valence-corrected chi connectivity index (χ1v) is 6.79. The van der Waals surface area contributed by atoms with Crippen LogP contribution in [-0.2, 0) is 13.0 Å². The van der Waals surface area contributed by atoms with Gasteiger partial charge in [-0.1, -0.05) is 30.3 Å². The fourth-order valence-corrected chi connectivity index (χ4v) is 2.82. The molecule has 0 aliphatic carbocycles. The number of nitrogens with zero attached hydrogens (tertiary/aromatic N) is 2. The molecule has 0 saturated heterocycles. The lowest BCUT2D eigenvalue weighted by atomic mass is 10.0. The maximum Gasteiger partial charge on any atom is 0.356 e. The smallest absolute Gasteiger partial charge is 0.356 e. The third-order valence-electron chi connectivity index (χ3n) is 3.74. The van der Waals surface area contributed by atoms with Gasteiger partial charge in [0.15, 0.2) is 5.69 Å². The van der Waals surface area contributed by atoms with Gasteiger partial charge in [0.1, 0.15) is 5.82 Å². The topological polar surface area (TPSA) is 81.1 Å². The highest BCUT2D eigenvalue weighted by Crippen LogP contribution is 2.28. The molecule has 0 radical (unpaired) electrons. The van der Waals surface area contributed by atoms with Crippen molar-refractivity contribution in [1.29, 1.82) is 0 Å². The van der Waals surface area contributed by atoms with E-state index in [4.69, 9.17) is 5.73 Å². The van der Waals surface area contributed by atoms with Crippen LogP contribution >= 0.6 is 0 Å². The molecule has 0 spiro atoms. The Kier molecular flexibility index (Phi) is 3.28. The van der Waals surface area contributed by atoms with Crippen molar-refractivity contribution in [3.05, 3.63) is 53.1 Å². The van der Waals surface area contributed by atoms with Gasteiger partial charge in [-0.3, -0.25) is 0 Å². The van der Waals surface area contributed by atoms with Crippen LogP contribution in [0.5, 0.6) is 0 Å². The second kappa shape index (κ2) is 5.09. The first kappa shape index (κ1) is 12.9. The van der Waals surface area contributed by atoms with Crippen molar-refractivity contribution in [2.45, 2.75) is 31.8 Å². The minimum Gasteiger partial charge on any atom is -0.476 e. The second-order valence-electron chi connectivity index (χ2n) is 5.13. The molecule has 3 rings (SSSR count). The van der Waals surface area contributed by atoms with Crippen LogP contribution in [-0.4, -0.2) is 20.6 Å². The van der Waals surface area contributed by atoms with Gasteiger partial charge in [-0.25, -0.2) is 9.78 Å². The van der Waals surface area contributed by atoms with Gasteiger partial charge in [-0.05, 0) is 18.4 Å². The van der Waals surface area contributed by atoms with E-state index in [2.05, 4.69) is 4.98 Å². The van der Waals surface area contributed by atoms with E-state index in [1.54, 1.807) is 0 Å². The number of carboxylic acids is 1. The predicted octanol–water partition coefficient (Wildman–Crippen LogP) is 1.97. The van der Waals surface area contributed by atoms with Gasteiger partial charge < -0.3 is 15.4 Å². The molecule has 5 nitrogen and oxygen atoms in total. The van der Waals surface area contributed by atoms with E-state index in [-0.39, 0.29) is 11.7 Å². The highest BCUT2D eigenvalue weighted by molar-refractivity contribution is 5.87. The molecule has 0 saturated carbocycles. The van der Waals surface area contributed by atoms with Crippen LogP contribution in [0.25, 0.3) is 0 Å². The number of carboxylic acid groups (broad SMARTS) is 1. The van der Waals surface area contributed by atoms with E-state index >= 15 is 0 Å². The number of aromatic nitrogens is 2. The van der Waals surface area contributed by atoms with Crippen molar-refractivity contribution in [2.75, 3.05) is 0 Å². The van der Waals surface area contributed by atoms with Crippen LogP contribution < -0.4 is 5.73 Å². The summed E-state index contributed by atoms with van der Waals surface area (Å²) in [5.41, 5.74) is 7.98. The normalized spacial score (nSPS) is 17.8. The number of fused-ring (bicyclic) bond motifs is 1. The van der Waals surface area contributed by atoms with Crippen molar-refractivity contribution < 1.29 is 9.90 Å². The highest BCUT2D eigenvalue weighted by atomic mass is 16.4. The van der Waals surface area contributed by atoms with Gasteiger partial charge in [0, 0.05) is 19.0 Å². The Hall–Kier alpha value is -2.14. The lowest BCUT2D eigenvalue weighted by Crippen LogP contribution is -2.24. The average molecular weight is 271 g/mol. The monoisotopic (exact) mass is 271 g/mol. The zero-order valence-electron chi connectivity index (χ0n) is 11.1. The zero-order valence-corrected chi connectivity index (χ0v) is 11.1. The van der Waals surface area contributed by atoms with E-state index in [0.29, 0.717) is 12.1 Å². The van der Waals surface area contributed by atoms with Gasteiger partial charge in [0.25, 0.3) is 0 Å². The van der Waals surface area contributed by atoms with Crippen LogP contribution in [0.1, 0.15) is 46.5 Å². The minimum atomic E-state index is -0.995. The molecule has 5 heteroatoms. The Morgan fingerprint density at radius 2 is 2.15 bits per heavy atom. The molecule has 1 aromatic carbocycles. The molecule has 2 heterocycles. The number of carbonyl (C=O) groups is 1. The van der Waals surface area contributed by atoms with Crippen molar-refractivity contribution in [3.63, 3.8) is 0 Å². The Labute approximate surface area is 117 Å². The van der Waals surface area contributed by atoms with E-state index in [1.807, 2.05) is 34.9 Å². The van der Waals surface area contributed by atoms with Gasteiger partial charge in [0.05, 0.1) is 5.69 Å². The maximum absolute atomic E-state index is 11.4. The summed E-state index contributed by atoms with van der Waals surface area (Å²) in [6.45, 7) is 0.797. The van der Waals surface area contributed by atoms with Gasteiger partial charge in [-0.2, -0.15) is 0 Å². The number of benzene rings is 1. The number of hydrogen-bond donors (Lipinski definition) is 2. The molecular weight excluding hydrogens is 254 g/mol. The summed E-state index contributed by atoms with van der Waals surface area (Å²) in [7, 11) is 0. The van der Waals surface area contributed by atoms with Crippen LogP contribution in [0.15, 0.2) is 30.3 Å². The standard InChI is InChI=1S/C15H17N3O2/c16-11-7-4-8-18-12(9-10-5-2-1-3-6-10)17-13(14(11)18)15(19)20/h1-3,5-6,11H,4,7-9,16H2,(H,19,20). The van der Waals surface area contributed by atoms with Crippen molar-refractivity contribution >= 4 is 5.97 Å². The molecule has 1 aromatic heterocycles. The molecule has 1 atom stereocenters. The molecule has 1 aliphatic rings. The molecule has 3 N–H and O–H groups in total. The number of nitrogens with two attached hydrogens (primary N) is 1. The van der Waals surface area contributed by atoms with E-state index in [1.165, 1.54) is 0 Å². The van der Waals surface area contributed by atoms with Crippen LogP contribution in [0.3, 0.4) is 0 Å². The number of hydrogen-bond acceptors (Lipinski definition) is 3. The molecule has 1 unspecified atom stereocenters. The summed E-state index contributed by atoms with van der Waals surface area (Å²) in [6.07, 6.45) is 2.41. The zero-order chi connectivity index (χ0) is 14.1. The summed E-state index contributed by atoms with van der Waals surface area (Å²) < 4.78 is 1.99. The largest absolute Gasteiger partial charge is 0.476 e. The maximum atomic E-state index is 11.4. The molecular formula is C15H17N3O2. The SMILES string of the molecule is NC1CCCn2c(Cc3ccccc3)nc(C(=O)O)c21. The quantitative estimate of drug-likeness (QED) is 0.894. The lowest BCUT2D eigenvalue weighted by Gasteiger charge is -2.22. The predicted molar refractivity (Wildman–Crippen MR) is 74.6 cm³/mol. The Morgan fingerprint density at radius 1 is 1.40 bits per heavy atom. The summed E-state index contributed by atoms with van der Waals surface area (Å²) in [5.74, 6) is -0.204. The fourth-order valence-electron chi connectivity index (χ4n) is 2.82. The average Bonchev–Trinajstić information content (AvgIpc) is 2.81. The van der Waals surface area contributed by atoms with Gasteiger partial charge in [-0.15, -0.1) is 0 Å². The number of imidazole rings is 1. The summed E-state index contributed by atoms with van der Waals surface area (Å²) in [4.78, 5) is 15.7. The molecule has 0 bridgehead atoms. The second-order valence-corrected chi connectivity index (χ2v) is 5.13. The first-order valence-electron chi connectivity index (χ1n) is 6.79. The van der Waals surface area contributed by atoms with E-state index in [9.17, 15) is 9.90 Å². The third-order valence-corrected chi connectivity index (χ3v) is 3.74. The minimum absolute atomic E-state index is 0.114. The fraction of sp³-hybridized carbons (Fsp3) is 0.333. The molecule has 1 aliphatic heterocycles. The Bertz CT molecular complexity index is 634. The Morgan fingerprint density at radius 3 is 2.85 bits per heavy atom. The molecule has 0 fully saturated rings. The van der Waals surface area contributed by atoms with Crippen LogP contribution in [0.2, 0.25) is 0 Å². The first-order chi connectivity index (χ1) is 9.66. The van der Waals surface area contributed by atoms with E-state index in [0.717, 1.165) is 30.8 Å². The summed E-state index contributed by atoms with van der Waals surface area (Å²) >= 11 is 0. The molecule has 2 aromatic rings.